The van der Waals surface area contributed by atoms with Crippen molar-refractivity contribution in [2.45, 2.75) is 48.4 Å². The van der Waals surface area contributed by atoms with Gasteiger partial charge in [-0.15, -0.1) is 0 Å². The summed E-state index contributed by atoms with van der Waals surface area (Å²) in [5.41, 5.74) is -1.82. The Bertz CT molecular complexity index is 1170. The fourth-order valence-corrected chi connectivity index (χ4v) is 6.08. The summed E-state index contributed by atoms with van der Waals surface area (Å²) in [6.45, 7) is 0.178. The molecule has 2 aromatic carbocycles. The van der Waals surface area contributed by atoms with Crippen molar-refractivity contribution in [3.63, 3.8) is 0 Å². The number of methoxy groups -OCH3 is 4. The third kappa shape index (κ3) is 4.80. The zero-order chi connectivity index (χ0) is 29.5. The molecular weight excluding hydrogens is 544 g/mol. The third-order valence-electron chi connectivity index (χ3n) is 8.26. The van der Waals surface area contributed by atoms with Gasteiger partial charge in [-0.1, -0.05) is 18.2 Å². The van der Waals surface area contributed by atoms with Gasteiger partial charge in [-0.05, 0) is 29.8 Å². The van der Waals surface area contributed by atoms with Crippen molar-refractivity contribution < 1.29 is 63.4 Å². The standard InChI is InChI=1S/C28H36O13/c1-34-18-10-14(11-19(35-2)20(18)29)21-16-12-39-22(17(16)13-38-21)27(32)23(24(30)36-3)41-26(28(33,37-4)25(27)31)40-15-8-6-5-7-9-15/h5-11,16-17,21-26,29-33H,12-13H2,1-4H3/t16-,17-,21?,22?,23+,24?,25-,26-,27+,28-/m0/s1. The van der Waals surface area contributed by atoms with Crippen molar-refractivity contribution in [1.82, 2.24) is 0 Å². The molecule has 226 valence electrons. The van der Waals surface area contributed by atoms with E-state index in [0.29, 0.717) is 5.56 Å². The van der Waals surface area contributed by atoms with Gasteiger partial charge < -0.3 is 63.4 Å². The third-order valence-corrected chi connectivity index (χ3v) is 8.26. The highest BCUT2D eigenvalue weighted by molar-refractivity contribution is 5.53. The minimum absolute atomic E-state index is 0.0890. The number of rotatable bonds is 9. The molecule has 5 N–H and O–H groups in total. The Balaban J connectivity index is 1.48. The lowest BCUT2D eigenvalue weighted by Crippen LogP contribution is -2.79. The van der Waals surface area contributed by atoms with E-state index in [1.54, 1.807) is 42.5 Å². The van der Waals surface area contributed by atoms with Crippen molar-refractivity contribution in [2.75, 3.05) is 41.7 Å². The first-order chi connectivity index (χ1) is 19.6. The second-order valence-corrected chi connectivity index (χ2v) is 10.3. The Hall–Kier alpha value is -2.72. The SMILES string of the molecule is COc1cc(C2OC[C@@H]3C([C@@]4(O)[C@@H](C(O)OC)O[C@H](Oc5ccccc5)[C@@](O)(OC)[C@H]4O)OC[C@H]23)cc(OC)c1O. The van der Waals surface area contributed by atoms with E-state index < -0.39 is 54.3 Å². The highest BCUT2D eigenvalue weighted by atomic mass is 16.8. The maximum absolute atomic E-state index is 12.2. The van der Waals surface area contributed by atoms with E-state index in [0.717, 1.165) is 7.11 Å². The van der Waals surface area contributed by atoms with Gasteiger partial charge in [0.1, 0.15) is 18.0 Å². The van der Waals surface area contributed by atoms with Gasteiger partial charge in [0, 0.05) is 26.1 Å². The molecule has 3 saturated heterocycles. The molecule has 3 aliphatic heterocycles. The van der Waals surface area contributed by atoms with Gasteiger partial charge in [0.2, 0.25) is 5.75 Å². The molecule has 0 aromatic heterocycles. The number of ether oxygens (including phenoxy) is 8. The van der Waals surface area contributed by atoms with Gasteiger partial charge in [-0.3, -0.25) is 0 Å². The summed E-state index contributed by atoms with van der Waals surface area (Å²) in [5, 5.41) is 56.4. The zero-order valence-electron chi connectivity index (χ0n) is 23.1. The highest BCUT2D eigenvalue weighted by Gasteiger charge is 2.72. The lowest BCUT2D eigenvalue weighted by atomic mass is 9.71. The Morgan fingerprint density at radius 3 is 2.15 bits per heavy atom. The van der Waals surface area contributed by atoms with Crippen LogP contribution in [0.25, 0.3) is 0 Å². The lowest BCUT2D eigenvalue weighted by Gasteiger charge is -2.55. The first-order valence-corrected chi connectivity index (χ1v) is 13.1. The van der Waals surface area contributed by atoms with Crippen LogP contribution in [0.4, 0.5) is 0 Å². The van der Waals surface area contributed by atoms with E-state index in [1.807, 2.05) is 0 Å². The summed E-state index contributed by atoms with van der Waals surface area (Å²) in [6.07, 6.45) is -8.95. The number of aromatic hydroxyl groups is 1. The molecule has 10 atom stereocenters. The molecule has 41 heavy (non-hydrogen) atoms. The Labute approximate surface area is 236 Å². The molecule has 0 amide bonds. The summed E-state index contributed by atoms with van der Waals surface area (Å²) >= 11 is 0. The molecule has 3 aliphatic rings. The average molecular weight is 581 g/mol. The summed E-state index contributed by atoms with van der Waals surface area (Å²) in [6, 6.07) is 11.6. The van der Waals surface area contributed by atoms with Gasteiger partial charge >= 0.3 is 0 Å². The maximum atomic E-state index is 12.2. The Kier molecular flexibility index (Phi) is 8.36. The minimum atomic E-state index is -2.59. The normalized spacial score (nSPS) is 37.4. The fraction of sp³-hybridized carbons (Fsp3) is 0.571. The molecule has 3 fully saturated rings. The predicted octanol–water partition coefficient (Wildman–Crippen LogP) is 0.308. The van der Waals surface area contributed by atoms with Crippen LogP contribution in [-0.2, 0) is 23.7 Å². The van der Waals surface area contributed by atoms with Gasteiger partial charge in [-0.25, -0.2) is 0 Å². The maximum Gasteiger partial charge on any atom is 0.259 e. The van der Waals surface area contributed by atoms with Crippen LogP contribution in [0.5, 0.6) is 23.0 Å². The highest BCUT2D eigenvalue weighted by Crippen LogP contribution is 2.53. The first-order valence-electron chi connectivity index (χ1n) is 13.1. The molecule has 5 rings (SSSR count). The summed E-state index contributed by atoms with van der Waals surface area (Å²) in [4.78, 5) is 0. The number of phenols is 1. The predicted molar refractivity (Wildman–Crippen MR) is 138 cm³/mol. The number of hydrogen-bond acceptors (Lipinski definition) is 13. The van der Waals surface area contributed by atoms with Gasteiger partial charge in [0.25, 0.3) is 12.1 Å². The molecule has 3 heterocycles. The van der Waals surface area contributed by atoms with Crippen molar-refractivity contribution >= 4 is 0 Å². The molecule has 13 heteroatoms. The van der Waals surface area contributed by atoms with E-state index in [2.05, 4.69) is 0 Å². The second kappa shape index (κ2) is 11.5. The van der Waals surface area contributed by atoms with Crippen LogP contribution in [0.2, 0.25) is 0 Å². The van der Waals surface area contributed by atoms with Crippen LogP contribution in [0.1, 0.15) is 11.7 Å². The van der Waals surface area contributed by atoms with E-state index in [1.165, 1.54) is 21.3 Å². The molecule has 0 saturated carbocycles. The van der Waals surface area contributed by atoms with E-state index >= 15 is 0 Å². The van der Waals surface area contributed by atoms with Crippen LogP contribution in [0, 0.1) is 11.8 Å². The van der Waals surface area contributed by atoms with E-state index in [-0.39, 0.29) is 42.1 Å². The summed E-state index contributed by atoms with van der Waals surface area (Å²) in [5.74, 6) is -2.97. The van der Waals surface area contributed by atoms with Gasteiger partial charge in [0.15, 0.2) is 23.4 Å². The molecule has 2 aromatic rings. The molecule has 0 aliphatic carbocycles. The molecule has 13 nitrogen and oxygen atoms in total. The Morgan fingerprint density at radius 1 is 0.927 bits per heavy atom. The lowest BCUT2D eigenvalue weighted by molar-refractivity contribution is -0.440. The van der Waals surface area contributed by atoms with Crippen LogP contribution in [0.15, 0.2) is 42.5 Å². The number of fused-ring (bicyclic) bond motifs is 1. The largest absolute Gasteiger partial charge is 0.502 e. The number of para-hydroxylation sites is 1. The summed E-state index contributed by atoms with van der Waals surface area (Å²) in [7, 11) is 5.15. The van der Waals surface area contributed by atoms with Gasteiger partial charge in [0.05, 0.1) is 39.6 Å². The topological polar surface area (TPSA) is 175 Å². The van der Waals surface area contributed by atoms with Crippen LogP contribution < -0.4 is 14.2 Å². The van der Waals surface area contributed by atoms with Gasteiger partial charge in [-0.2, -0.15) is 0 Å². The number of phenolic OH excluding ortho intramolecular Hbond substituents is 1. The molecule has 0 spiro atoms. The van der Waals surface area contributed by atoms with Crippen molar-refractivity contribution in [2.24, 2.45) is 11.8 Å². The quantitative estimate of drug-likeness (QED) is 0.257. The first kappa shape index (κ1) is 29.8. The zero-order valence-corrected chi connectivity index (χ0v) is 23.1. The molecular formula is C28H36O13. The number of benzene rings is 2. The fourth-order valence-electron chi connectivity index (χ4n) is 6.08. The van der Waals surface area contributed by atoms with Crippen LogP contribution in [-0.4, -0.2) is 109 Å². The summed E-state index contributed by atoms with van der Waals surface area (Å²) < 4.78 is 44.9. The molecule has 0 radical (unpaired) electrons. The van der Waals surface area contributed by atoms with Crippen LogP contribution >= 0.6 is 0 Å². The Morgan fingerprint density at radius 2 is 1.56 bits per heavy atom. The van der Waals surface area contributed by atoms with Crippen LogP contribution in [0.3, 0.4) is 0 Å². The van der Waals surface area contributed by atoms with Crippen molar-refractivity contribution in [1.29, 1.82) is 0 Å². The smallest absolute Gasteiger partial charge is 0.259 e. The van der Waals surface area contributed by atoms with E-state index in [9.17, 15) is 25.5 Å². The van der Waals surface area contributed by atoms with E-state index in [4.69, 9.17) is 37.9 Å². The average Bonchev–Trinajstić information content (AvgIpc) is 3.61. The number of hydrogen-bond donors (Lipinski definition) is 5. The molecule has 0 bridgehead atoms. The van der Waals surface area contributed by atoms with Crippen molar-refractivity contribution in [3.8, 4) is 23.0 Å². The molecule has 3 unspecified atom stereocenters. The second-order valence-electron chi connectivity index (χ2n) is 10.3. The van der Waals surface area contributed by atoms with Crippen molar-refractivity contribution in [3.05, 3.63) is 48.0 Å². The minimum Gasteiger partial charge on any atom is -0.502 e. The number of aliphatic hydroxyl groups excluding tert-OH is 2. The number of aliphatic hydroxyl groups is 4. The monoisotopic (exact) mass is 580 g/mol.